The monoisotopic (exact) mass is 266 g/mol. The van der Waals surface area contributed by atoms with Crippen LogP contribution in [0, 0.1) is 0 Å². The molecule has 0 saturated carbocycles. The number of ether oxygens (including phenoxy) is 1. The van der Waals surface area contributed by atoms with Gasteiger partial charge in [-0.05, 0) is 0 Å². The highest BCUT2D eigenvalue weighted by Gasteiger charge is 2.30. The lowest BCUT2D eigenvalue weighted by molar-refractivity contribution is -0.143. The van der Waals surface area contributed by atoms with Crippen molar-refractivity contribution in [1.82, 2.24) is 15.0 Å². The third-order valence-electron chi connectivity index (χ3n) is 2.13. The summed E-state index contributed by atoms with van der Waals surface area (Å²) in [6.07, 6.45) is -4.46. The van der Waals surface area contributed by atoms with Gasteiger partial charge in [-0.25, -0.2) is 4.68 Å². The minimum Gasteiger partial charge on any atom is -0.384 e. The Hall–Kier alpha value is -1.64. The molecule has 0 aliphatic rings. The number of hydrogen-bond acceptors (Lipinski definition) is 4. The predicted octanol–water partition coefficient (Wildman–Crippen LogP) is 0.0571. The zero-order valence-electron chi connectivity index (χ0n) is 9.70. The van der Waals surface area contributed by atoms with E-state index in [0.29, 0.717) is 0 Å². The number of alkyl halides is 3. The summed E-state index contributed by atoms with van der Waals surface area (Å²) in [6, 6.07) is 0. The Balaban J connectivity index is 2.95. The number of nitrogens with zero attached hydrogens (tertiary/aromatic N) is 3. The smallest absolute Gasteiger partial charge is 0.384 e. The van der Waals surface area contributed by atoms with Gasteiger partial charge in [0.25, 0.3) is 0 Å². The average molecular weight is 266 g/mol. The van der Waals surface area contributed by atoms with E-state index in [4.69, 9.17) is 10.5 Å². The molecule has 1 amide bonds. The van der Waals surface area contributed by atoms with Gasteiger partial charge in [-0.15, -0.1) is 5.10 Å². The number of primary amides is 1. The van der Waals surface area contributed by atoms with Gasteiger partial charge in [0.05, 0.1) is 24.4 Å². The molecule has 102 valence electrons. The van der Waals surface area contributed by atoms with Crippen molar-refractivity contribution in [3.63, 3.8) is 0 Å². The molecule has 6 nitrogen and oxygen atoms in total. The Morgan fingerprint density at radius 2 is 2.17 bits per heavy atom. The summed E-state index contributed by atoms with van der Waals surface area (Å²) in [4.78, 5) is 10.8. The number of aromatic nitrogens is 3. The minimum atomic E-state index is -4.40. The number of carbonyl (C=O) groups excluding carboxylic acids is 1. The standard InChI is InChI=1S/C9H13F3N4O2/c1-18-3-2-7-6(4-8(13)17)14-15-16(7)5-9(10,11)12/h2-5H2,1H3,(H2,13,17). The van der Waals surface area contributed by atoms with Crippen LogP contribution in [0.2, 0.25) is 0 Å². The first-order valence-corrected chi connectivity index (χ1v) is 5.08. The molecular formula is C9H13F3N4O2. The van der Waals surface area contributed by atoms with E-state index < -0.39 is 18.6 Å². The van der Waals surface area contributed by atoms with Crippen molar-refractivity contribution in [3.05, 3.63) is 11.4 Å². The number of carbonyl (C=O) groups is 1. The SMILES string of the molecule is COCCc1c(CC(N)=O)nnn1CC(F)(F)F. The van der Waals surface area contributed by atoms with Gasteiger partial charge >= 0.3 is 6.18 Å². The highest BCUT2D eigenvalue weighted by molar-refractivity contribution is 5.76. The molecule has 0 fully saturated rings. The summed E-state index contributed by atoms with van der Waals surface area (Å²) in [5.74, 6) is -0.673. The van der Waals surface area contributed by atoms with Gasteiger partial charge in [-0.2, -0.15) is 13.2 Å². The molecule has 0 atom stereocenters. The van der Waals surface area contributed by atoms with Crippen molar-refractivity contribution in [2.45, 2.75) is 25.6 Å². The third kappa shape index (κ3) is 4.32. The highest BCUT2D eigenvalue weighted by Crippen LogP contribution is 2.19. The lowest BCUT2D eigenvalue weighted by Gasteiger charge is -2.09. The lowest BCUT2D eigenvalue weighted by atomic mass is 10.2. The molecule has 0 aliphatic carbocycles. The van der Waals surface area contributed by atoms with Crippen molar-refractivity contribution in [2.75, 3.05) is 13.7 Å². The van der Waals surface area contributed by atoms with E-state index in [2.05, 4.69) is 10.3 Å². The van der Waals surface area contributed by atoms with E-state index in [1.807, 2.05) is 0 Å². The summed E-state index contributed by atoms with van der Waals surface area (Å²) in [5.41, 5.74) is 5.36. The number of amides is 1. The van der Waals surface area contributed by atoms with E-state index >= 15 is 0 Å². The quantitative estimate of drug-likeness (QED) is 0.789. The van der Waals surface area contributed by atoms with Crippen LogP contribution in [0.25, 0.3) is 0 Å². The van der Waals surface area contributed by atoms with Crippen LogP contribution in [0.4, 0.5) is 13.2 Å². The van der Waals surface area contributed by atoms with E-state index in [0.717, 1.165) is 4.68 Å². The number of hydrogen-bond donors (Lipinski definition) is 1. The Bertz CT molecular complexity index is 416. The maximum Gasteiger partial charge on any atom is 0.408 e. The van der Waals surface area contributed by atoms with Crippen LogP contribution in [0.5, 0.6) is 0 Å². The van der Waals surface area contributed by atoms with Gasteiger partial charge in [0, 0.05) is 13.5 Å². The molecule has 0 radical (unpaired) electrons. The van der Waals surface area contributed by atoms with Crippen LogP contribution in [0.15, 0.2) is 0 Å². The molecule has 0 aliphatic heterocycles. The fourth-order valence-electron chi connectivity index (χ4n) is 1.44. The number of methoxy groups -OCH3 is 1. The zero-order chi connectivity index (χ0) is 13.8. The number of rotatable bonds is 6. The Morgan fingerprint density at radius 3 is 2.67 bits per heavy atom. The number of nitrogens with two attached hydrogens (primary N) is 1. The second kappa shape index (κ2) is 5.80. The highest BCUT2D eigenvalue weighted by atomic mass is 19.4. The molecular weight excluding hydrogens is 253 g/mol. The molecule has 1 aromatic heterocycles. The average Bonchev–Trinajstić information content (AvgIpc) is 2.55. The minimum absolute atomic E-state index is 0.156. The van der Waals surface area contributed by atoms with Crippen molar-refractivity contribution < 1.29 is 22.7 Å². The summed E-state index contributed by atoms with van der Waals surface area (Å²) < 4.78 is 42.4. The lowest BCUT2D eigenvalue weighted by Crippen LogP contribution is -2.22. The van der Waals surface area contributed by atoms with E-state index in [1.165, 1.54) is 7.11 Å². The van der Waals surface area contributed by atoms with Gasteiger partial charge in [0.1, 0.15) is 6.54 Å². The fraction of sp³-hybridized carbons (Fsp3) is 0.667. The summed E-state index contributed by atoms with van der Waals surface area (Å²) in [7, 11) is 1.42. The molecule has 9 heteroatoms. The molecule has 0 spiro atoms. The van der Waals surface area contributed by atoms with Gasteiger partial charge < -0.3 is 10.5 Å². The summed E-state index contributed by atoms with van der Waals surface area (Å²) in [6.45, 7) is -1.05. The van der Waals surface area contributed by atoms with Gasteiger partial charge in [0.15, 0.2) is 0 Å². The predicted molar refractivity (Wildman–Crippen MR) is 54.6 cm³/mol. The molecule has 1 heterocycles. The summed E-state index contributed by atoms with van der Waals surface area (Å²) >= 11 is 0. The fourth-order valence-corrected chi connectivity index (χ4v) is 1.44. The third-order valence-corrected chi connectivity index (χ3v) is 2.13. The zero-order valence-corrected chi connectivity index (χ0v) is 9.70. The van der Waals surface area contributed by atoms with Crippen molar-refractivity contribution in [3.8, 4) is 0 Å². The molecule has 1 aromatic rings. The Kier molecular flexibility index (Phi) is 4.65. The van der Waals surface area contributed by atoms with Gasteiger partial charge in [-0.3, -0.25) is 4.79 Å². The second-order valence-electron chi connectivity index (χ2n) is 3.64. The largest absolute Gasteiger partial charge is 0.408 e. The van der Waals surface area contributed by atoms with Crippen LogP contribution >= 0.6 is 0 Å². The van der Waals surface area contributed by atoms with Crippen molar-refractivity contribution in [1.29, 1.82) is 0 Å². The Morgan fingerprint density at radius 1 is 1.50 bits per heavy atom. The molecule has 2 N–H and O–H groups in total. The summed E-state index contributed by atoms with van der Waals surface area (Å²) in [5, 5.41) is 6.94. The molecule has 0 saturated heterocycles. The molecule has 1 rings (SSSR count). The second-order valence-corrected chi connectivity index (χ2v) is 3.64. The van der Waals surface area contributed by atoms with Gasteiger partial charge in [-0.1, -0.05) is 5.21 Å². The topological polar surface area (TPSA) is 83.0 Å². The molecule has 0 aromatic carbocycles. The first kappa shape index (κ1) is 14.4. The van der Waals surface area contributed by atoms with Crippen LogP contribution < -0.4 is 5.73 Å². The molecule has 0 bridgehead atoms. The van der Waals surface area contributed by atoms with E-state index in [-0.39, 0.29) is 30.8 Å². The van der Waals surface area contributed by atoms with E-state index in [1.54, 1.807) is 0 Å². The molecule has 18 heavy (non-hydrogen) atoms. The van der Waals surface area contributed by atoms with Gasteiger partial charge in [0.2, 0.25) is 5.91 Å². The first-order chi connectivity index (χ1) is 8.33. The molecule has 0 unspecified atom stereocenters. The normalized spacial score (nSPS) is 11.8. The Labute approximate surface area is 101 Å². The van der Waals surface area contributed by atoms with Crippen molar-refractivity contribution >= 4 is 5.91 Å². The first-order valence-electron chi connectivity index (χ1n) is 5.08. The van der Waals surface area contributed by atoms with Crippen LogP contribution in [0.3, 0.4) is 0 Å². The maximum absolute atomic E-state index is 12.3. The van der Waals surface area contributed by atoms with E-state index in [9.17, 15) is 18.0 Å². The van der Waals surface area contributed by atoms with Crippen molar-refractivity contribution in [2.24, 2.45) is 5.73 Å². The van der Waals surface area contributed by atoms with Crippen LogP contribution in [0.1, 0.15) is 11.4 Å². The maximum atomic E-state index is 12.3. The van der Waals surface area contributed by atoms with Crippen LogP contribution in [-0.2, 0) is 28.9 Å². The van der Waals surface area contributed by atoms with Crippen LogP contribution in [-0.4, -0.2) is 40.8 Å². The number of halogens is 3.